The fraction of sp³-hybridized carbons (Fsp3) is 0.429. The molecule has 1 aromatic rings. The summed E-state index contributed by atoms with van der Waals surface area (Å²) in [6.45, 7) is 6.96. The molecule has 2 rings (SSSR count). The summed E-state index contributed by atoms with van der Waals surface area (Å²) >= 11 is 6.04. The summed E-state index contributed by atoms with van der Waals surface area (Å²) in [6.07, 6.45) is 5.34. The second-order valence-corrected chi connectivity index (χ2v) is 5.82. The lowest BCUT2D eigenvalue weighted by atomic mass is 9.86. The van der Waals surface area contributed by atoms with Crippen molar-refractivity contribution < 1.29 is 4.39 Å². The van der Waals surface area contributed by atoms with E-state index in [4.69, 9.17) is 11.6 Å². The quantitative estimate of drug-likeness (QED) is 0.750. The summed E-state index contributed by atoms with van der Waals surface area (Å²) in [5.41, 5.74) is 2.31. The molecule has 0 N–H and O–H groups in total. The molecule has 2 heterocycles. The van der Waals surface area contributed by atoms with Crippen LogP contribution in [0.1, 0.15) is 32.8 Å². The van der Waals surface area contributed by atoms with Gasteiger partial charge < -0.3 is 0 Å². The van der Waals surface area contributed by atoms with Crippen molar-refractivity contribution in [3.8, 4) is 0 Å². The molecule has 2 nitrogen and oxygen atoms in total. The maximum absolute atomic E-state index is 13.8. The minimum atomic E-state index is -0.371. The average molecular weight is 267 g/mol. The van der Waals surface area contributed by atoms with Gasteiger partial charge in [0.1, 0.15) is 5.82 Å². The zero-order valence-corrected chi connectivity index (χ0v) is 11.6. The maximum Gasteiger partial charge on any atom is 0.150 e. The van der Waals surface area contributed by atoms with Crippen LogP contribution in [0.25, 0.3) is 5.57 Å². The van der Waals surface area contributed by atoms with Gasteiger partial charge in [0.2, 0.25) is 0 Å². The molecule has 1 aliphatic heterocycles. The lowest BCUT2D eigenvalue weighted by Gasteiger charge is -2.24. The second-order valence-electron chi connectivity index (χ2n) is 5.41. The minimum Gasteiger partial charge on any atom is -0.289 e. The average Bonchev–Trinajstić information content (AvgIpc) is 2.28. The van der Waals surface area contributed by atoms with Crippen LogP contribution in [0.5, 0.6) is 0 Å². The predicted octanol–water partition coefficient (Wildman–Crippen LogP) is 4.15. The van der Waals surface area contributed by atoms with Gasteiger partial charge in [-0.2, -0.15) is 0 Å². The molecule has 0 bridgehead atoms. The molecule has 0 fully saturated rings. The zero-order chi connectivity index (χ0) is 13.3. The Morgan fingerprint density at radius 1 is 1.28 bits per heavy atom. The van der Waals surface area contributed by atoms with Crippen molar-refractivity contribution in [1.82, 2.24) is 4.98 Å². The zero-order valence-electron chi connectivity index (χ0n) is 10.8. The Bertz CT molecular complexity index is 507. The molecule has 0 radical (unpaired) electrons. The van der Waals surface area contributed by atoms with Crippen molar-refractivity contribution in [1.29, 1.82) is 0 Å². The number of pyridine rings is 1. The summed E-state index contributed by atoms with van der Waals surface area (Å²) < 4.78 is 13.8. The topological polar surface area (TPSA) is 25.2 Å². The van der Waals surface area contributed by atoms with Gasteiger partial charge in [-0.15, -0.1) is 0 Å². The molecular weight excluding hydrogens is 251 g/mol. The van der Waals surface area contributed by atoms with E-state index < -0.39 is 0 Å². The van der Waals surface area contributed by atoms with Gasteiger partial charge in [0.15, 0.2) is 0 Å². The number of dihydropyridines is 1. The Hall–Kier alpha value is -1.22. The van der Waals surface area contributed by atoms with E-state index >= 15 is 0 Å². The van der Waals surface area contributed by atoms with Crippen LogP contribution in [0.3, 0.4) is 0 Å². The third kappa shape index (κ3) is 2.61. The monoisotopic (exact) mass is 266 g/mol. The first-order valence-electron chi connectivity index (χ1n) is 5.94. The fourth-order valence-electron chi connectivity index (χ4n) is 1.95. The lowest BCUT2D eigenvalue weighted by Crippen LogP contribution is -2.21. The third-order valence-electron chi connectivity index (χ3n) is 2.92. The number of nitrogens with zero attached hydrogens (tertiary/aromatic N) is 2. The molecule has 96 valence electrons. The summed E-state index contributed by atoms with van der Waals surface area (Å²) in [7, 11) is 0. The Kier molecular flexibility index (Phi) is 3.53. The molecule has 0 saturated carbocycles. The largest absolute Gasteiger partial charge is 0.289 e. The van der Waals surface area contributed by atoms with Gasteiger partial charge >= 0.3 is 0 Å². The normalized spacial score (nSPS) is 16.3. The molecule has 4 heteroatoms. The number of aliphatic imine (C=N–C) groups is 1. The van der Waals surface area contributed by atoms with Gasteiger partial charge in [-0.3, -0.25) is 9.98 Å². The highest BCUT2D eigenvalue weighted by atomic mass is 35.5. The SMILES string of the molecule is CC(C)(C)C1=NCCC(c2c(F)cncc2Cl)=C1. The van der Waals surface area contributed by atoms with Crippen molar-refractivity contribution in [2.45, 2.75) is 27.2 Å². The molecule has 1 aliphatic rings. The van der Waals surface area contributed by atoms with E-state index in [1.54, 1.807) is 0 Å². The van der Waals surface area contributed by atoms with Crippen LogP contribution < -0.4 is 0 Å². The van der Waals surface area contributed by atoms with Crippen LogP contribution in [0, 0.1) is 11.2 Å². The molecule has 0 atom stereocenters. The molecule has 0 spiro atoms. The standard InChI is InChI=1S/C14H16ClFN2/c1-14(2,3)12-6-9(4-5-18-12)13-10(15)7-17-8-11(13)16/h6-8H,4-5H2,1-3H3. The van der Waals surface area contributed by atoms with Gasteiger partial charge in [-0.1, -0.05) is 32.4 Å². The molecule has 0 saturated heterocycles. The van der Waals surface area contributed by atoms with E-state index in [2.05, 4.69) is 30.7 Å². The molecule has 18 heavy (non-hydrogen) atoms. The molecule has 1 aromatic heterocycles. The van der Waals surface area contributed by atoms with Crippen LogP contribution in [0.2, 0.25) is 5.02 Å². The number of hydrogen-bond acceptors (Lipinski definition) is 2. The summed E-state index contributed by atoms with van der Waals surface area (Å²) in [6, 6.07) is 0. The van der Waals surface area contributed by atoms with Gasteiger partial charge in [0.05, 0.1) is 11.2 Å². The molecular formula is C14H16ClFN2. The van der Waals surface area contributed by atoms with Crippen molar-refractivity contribution in [3.63, 3.8) is 0 Å². The fourth-order valence-corrected chi connectivity index (χ4v) is 2.22. The second kappa shape index (κ2) is 4.81. The Morgan fingerprint density at radius 2 is 2.00 bits per heavy atom. The Morgan fingerprint density at radius 3 is 2.61 bits per heavy atom. The van der Waals surface area contributed by atoms with Gasteiger partial charge in [0.25, 0.3) is 0 Å². The Balaban J connectivity index is 2.47. The number of halogens is 2. The number of rotatable bonds is 1. The van der Waals surface area contributed by atoms with Crippen LogP contribution in [0.4, 0.5) is 4.39 Å². The van der Waals surface area contributed by atoms with Gasteiger partial charge in [-0.25, -0.2) is 4.39 Å². The van der Waals surface area contributed by atoms with Crippen molar-refractivity contribution in [2.24, 2.45) is 10.4 Å². The van der Waals surface area contributed by atoms with Crippen molar-refractivity contribution in [2.75, 3.05) is 6.54 Å². The van der Waals surface area contributed by atoms with Crippen LogP contribution in [-0.2, 0) is 0 Å². The molecule has 0 amide bonds. The first-order chi connectivity index (χ1) is 8.39. The summed E-state index contributed by atoms with van der Waals surface area (Å²) in [4.78, 5) is 8.24. The first-order valence-corrected chi connectivity index (χ1v) is 6.32. The van der Waals surface area contributed by atoms with E-state index in [9.17, 15) is 4.39 Å². The Labute approximate surface area is 112 Å². The van der Waals surface area contributed by atoms with E-state index in [1.165, 1.54) is 12.4 Å². The van der Waals surface area contributed by atoms with Crippen LogP contribution >= 0.6 is 11.6 Å². The van der Waals surface area contributed by atoms with Gasteiger partial charge in [-0.05, 0) is 18.1 Å². The summed E-state index contributed by atoms with van der Waals surface area (Å²) in [5.74, 6) is -0.371. The number of hydrogen-bond donors (Lipinski definition) is 0. The first kappa shape index (κ1) is 13.2. The molecule has 0 aromatic carbocycles. The predicted molar refractivity (Wildman–Crippen MR) is 73.6 cm³/mol. The number of allylic oxidation sites excluding steroid dienone is 1. The van der Waals surface area contributed by atoms with E-state index in [1.807, 2.05) is 6.08 Å². The van der Waals surface area contributed by atoms with Crippen molar-refractivity contribution >= 4 is 22.9 Å². The third-order valence-corrected chi connectivity index (χ3v) is 3.20. The minimum absolute atomic E-state index is 0.0400. The lowest BCUT2D eigenvalue weighted by molar-refractivity contribution is 0.588. The van der Waals surface area contributed by atoms with Gasteiger partial charge in [0, 0.05) is 29.4 Å². The summed E-state index contributed by atoms with van der Waals surface area (Å²) in [5, 5.41) is 0.358. The van der Waals surface area contributed by atoms with Crippen LogP contribution in [-0.4, -0.2) is 17.2 Å². The maximum atomic E-state index is 13.8. The number of aromatic nitrogens is 1. The van der Waals surface area contributed by atoms with E-state index in [-0.39, 0.29) is 11.2 Å². The highest BCUT2D eigenvalue weighted by Gasteiger charge is 2.22. The van der Waals surface area contributed by atoms with Crippen molar-refractivity contribution in [3.05, 3.63) is 34.9 Å². The van der Waals surface area contributed by atoms with E-state index in [0.29, 0.717) is 23.6 Å². The highest BCUT2D eigenvalue weighted by Crippen LogP contribution is 2.32. The molecule has 0 unspecified atom stereocenters. The highest BCUT2D eigenvalue weighted by molar-refractivity contribution is 6.32. The molecule has 0 aliphatic carbocycles. The smallest absolute Gasteiger partial charge is 0.150 e. The van der Waals surface area contributed by atoms with E-state index in [0.717, 1.165) is 11.3 Å². The van der Waals surface area contributed by atoms with Crippen LogP contribution in [0.15, 0.2) is 23.5 Å².